The van der Waals surface area contributed by atoms with E-state index in [1.54, 1.807) is 20.3 Å². The maximum Gasteiger partial charge on any atom is 0.410 e. The summed E-state index contributed by atoms with van der Waals surface area (Å²) in [5.41, 5.74) is 0.865. The van der Waals surface area contributed by atoms with Crippen LogP contribution >= 0.6 is 15.9 Å². The number of benzene rings is 1. The SMILES string of the molecule is COc1cc(CCNC(=O)OC(C)OC(=O)NC2COC2)c(OC)cc1Br. The normalized spacial score (nSPS) is 14.5. The molecule has 0 aromatic heterocycles. The molecule has 27 heavy (non-hydrogen) atoms. The summed E-state index contributed by atoms with van der Waals surface area (Å²) < 4.78 is 26.2. The zero-order valence-electron chi connectivity index (χ0n) is 15.4. The predicted molar refractivity (Wildman–Crippen MR) is 99.1 cm³/mol. The van der Waals surface area contributed by atoms with Crippen LogP contribution in [0.1, 0.15) is 12.5 Å². The summed E-state index contributed by atoms with van der Waals surface area (Å²) in [4.78, 5) is 23.4. The molecule has 1 aliphatic heterocycles. The Labute approximate surface area is 165 Å². The van der Waals surface area contributed by atoms with Crippen LogP contribution in [0, 0.1) is 0 Å². The number of ether oxygens (including phenoxy) is 5. The van der Waals surface area contributed by atoms with Gasteiger partial charge in [0.05, 0.1) is 37.9 Å². The summed E-state index contributed by atoms with van der Waals surface area (Å²) in [6, 6.07) is 3.57. The fourth-order valence-electron chi connectivity index (χ4n) is 2.31. The number of hydrogen-bond acceptors (Lipinski definition) is 7. The molecule has 1 heterocycles. The highest BCUT2D eigenvalue weighted by molar-refractivity contribution is 9.10. The quantitative estimate of drug-likeness (QED) is 0.589. The molecule has 9 nitrogen and oxygen atoms in total. The molecule has 150 valence electrons. The summed E-state index contributed by atoms with van der Waals surface area (Å²) in [5.74, 6) is 1.34. The standard InChI is InChI=1S/C17H23BrN2O7/c1-10(27-17(22)20-12-8-25-9-12)26-16(21)19-5-4-11-6-15(24-3)13(18)7-14(11)23-2/h6-7,10,12H,4-5,8-9H2,1-3H3,(H,19,21)(H,20,22). The van der Waals surface area contributed by atoms with E-state index >= 15 is 0 Å². The van der Waals surface area contributed by atoms with Crippen molar-refractivity contribution in [1.82, 2.24) is 10.6 Å². The summed E-state index contributed by atoms with van der Waals surface area (Å²) in [5, 5.41) is 5.19. The van der Waals surface area contributed by atoms with Crippen molar-refractivity contribution in [3.63, 3.8) is 0 Å². The molecule has 0 spiro atoms. The lowest BCUT2D eigenvalue weighted by molar-refractivity contribution is -0.0573. The van der Waals surface area contributed by atoms with Crippen LogP contribution < -0.4 is 20.1 Å². The highest BCUT2D eigenvalue weighted by atomic mass is 79.9. The predicted octanol–water partition coefficient (Wildman–Crippen LogP) is 2.21. The minimum absolute atomic E-state index is 0.0589. The lowest BCUT2D eigenvalue weighted by Gasteiger charge is -2.26. The van der Waals surface area contributed by atoms with E-state index in [0.29, 0.717) is 37.7 Å². The number of alkyl carbamates (subject to hydrolysis) is 2. The average molecular weight is 447 g/mol. The number of carbonyl (C=O) groups is 2. The first-order valence-electron chi connectivity index (χ1n) is 8.32. The molecule has 2 amide bonds. The van der Waals surface area contributed by atoms with Crippen molar-refractivity contribution >= 4 is 28.1 Å². The summed E-state index contributed by atoms with van der Waals surface area (Å²) in [6.07, 6.45) is -1.87. The number of rotatable bonds is 8. The van der Waals surface area contributed by atoms with Crippen molar-refractivity contribution in [2.24, 2.45) is 0 Å². The third-order valence-corrected chi connectivity index (χ3v) is 4.34. The van der Waals surface area contributed by atoms with Crippen LogP contribution in [0.3, 0.4) is 0 Å². The zero-order chi connectivity index (χ0) is 19.8. The van der Waals surface area contributed by atoms with E-state index in [9.17, 15) is 9.59 Å². The van der Waals surface area contributed by atoms with Crippen LogP contribution in [-0.2, 0) is 20.6 Å². The van der Waals surface area contributed by atoms with Gasteiger partial charge in [-0.1, -0.05) is 0 Å². The highest BCUT2D eigenvalue weighted by Crippen LogP contribution is 2.32. The van der Waals surface area contributed by atoms with Gasteiger partial charge in [-0.3, -0.25) is 0 Å². The van der Waals surface area contributed by atoms with E-state index in [-0.39, 0.29) is 6.04 Å². The Balaban J connectivity index is 1.74. The Kier molecular flexibility index (Phi) is 7.99. The van der Waals surface area contributed by atoms with Crippen LogP contribution in [0.15, 0.2) is 16.6 Å². The first-order chi connectivity index (χ1) is 12.9. The maximum atomic E-state index is 11.8. The summed E-state index contributed by atoms with van der Waals surface area (Å²) in [7, 11) is 3.14. The van der Waals surface area contributed by atoms with Crippen LogP contribution in [0.25, 0.3) is 0 Å². The number of methoxy groups -OCH3 is 2. The van der Waals surface area contributed by atoms with E-state index in [1.165, 1.54) is 6.92 Å². The molecular formula is C17H23BrN2O7. The molecule has 0 saturated carbocycles. The number of nitrogens with one attached hydrogen (secondary N) is 2. The van der Waals surface area contributed by atoms with E-state index < -0.39 is 18.5 Å². The van der Waals surface area contributed by atoms with Gasteiger partial charge >= 0.3 is 12.2 Å². The first-order valence-corrected chi connectivity index (χ1v) is 9.12. The molecule has 10 heteroatoms. The van der Waals surface area contributed by atoms with Gasteiger partial charge in [-0.2, -0.15) is 0 Å². The molecule has 1 aromatic carbocycles. The van der Waals surface area contributed by atoms with Crippen LogP contribution in [0.2, 0.25) is 0 Å². The third kappa shape index (κ3) is 6.47. The minimum atomic E-state index is -1.02. The van der Waals surface area contributed by atoms with Crippen molar-refractivity contribution in [1.29, 1.82) is 0 Å². The van der Waals surface area contributed by atoms with Crippen LogP contribution in [0.5, 0.6) is 11.5 Å². The highest BCUT2D eigenvalue weighted by Gasteiger charge is 2.22. The maximum absolute atomic E-state index is 11.8. The Bertz CT molecular complexity index is 667. The van der Waals surface area contributed by atoms with Gasteiger partial charge in [0.25, 0.3) is 0 Å². The van der Waals surface area contributed by atoms with Gasteiger partial charge in [0.2, 0.25) is 6.29 Å². The van der Waals surface area contributed by atoms with Gasteiger partial charge in [0.1, 0.15) is 11.5 Å². The van der Waals surface area contributed by atoms with Crippen molar-refractivity contribution < 1.29 is 33.3 Å². The molecule has 1 aliphatic rings. The molecule has 1 fully saturated rings. The Hall–Kier alpha value is -2.20. The van der Waals surface area contributed by atoms with Crippen LogP contribution in [-0.4, -0.2) is 58.5 Å². The molecule has 0 aliphatic carbocycles. The molecule has 0 bridgehead atoms. The van der Waals surface area contributed by atoms with E-state index in [2.05, 4.69) is 26.6 Å². The fourth-order valence-corrected chi connectivity index (χ4v) is 2.79. The van der Waals surface area contributed by atoms with Gasteiger partial charge in [-0.15, -0.1) is 0 Å². The second kappa shape index (κ2) is 10.2. The van der Waals surface area contributed by atoms with E-state index in [1.807, 2.05) is 6.07 Å². The van der Waals surface area contributed by atoms with Crippen molar-refractivity contribution in [3.05, 3.63) is 22.2 Å². The number of hydrogen-bond donors (Lipinski definition) is 2. The Morgan fingerprint density at radius 1 is 1.19 bits per heavy atom. The van der Waals surface area contributed by atoms with Gasteiger partial charge < -0.3 is 34.3 Å². The molecule has 1 saturated heterocycles. The van der Waals surface area contributed by atoms with Gasteiger partial charge in [-0.25, -0.2) is 9.59 Å². The zero-order valence-corrected chi connectivity index (χ0v) is 17.0. The fraction of sp³-hybridized carbons (Fsp3) is 0.529. The number of amides is 2. The average Bonchev–Trinajstić information content (AvgIpc) is 2.58. The molecule has 1 aromatic rings. The second-order valence-corrected chi connectivity index (χ2v) is 6.59. The molecular weight excluding hydrogens is 424 g/mol. The van der Waals surface area contributed by atoms with Gasteiger partial charge in [0.15, 0.2) is 0 Å². The smallest absolute Gasteiger partial charge is 0.410 e. The molecule has 1 unspecified atom stereocenters. The Morgan fingerprint density at radius 2 is 1.85 bits per heavy atom. The van der Waals surface area contributed by atoms with E-state index in [0.717, 1.165) is 10.0 Å². The topological polar surface area (TPSA) is 104 Å². The largest absolute Gasteiger partial charge is 0.496 e. The Morgan fingerprint density at radius 3 is 2.44 bits per heavy atom. The monoisotopic (exact) mass is 446 g/mol. The number of carbonyl (C=O) groups excluding carboxylic acids is 2. The first kappa shape index (κ1) is 21.1. The van der Waals surface area contributed by atoms with Crippen molar-refractivity contribution in [2.45, 2.75) is 25.7 Å². The third-order valence-electron chi connectivity index (χ3n) is 3.72. The number of halogens is 1. The summed E-state index contributed by atoms with van der Waals surface area (Å²) >= 11 is 3.40. The minimum Gasteiger partial charge on any atom is -0.496 e. The van der Waals surface area contributed by atoms with Crippen molar-refractivity contribution in [3.8, 4) is 11.5 Å². The lowest BCUT2D eigenvalue weighted by Crippen LogP contribution is -2.49. The molecule has 1 atom stereocenters. The van der Waals surface area contributed by atoms with Crippen LogP contribution in [0.4, 0.5) is 9.59 Å². The second-order valence-electron chi connectivity index (χ2n) is 5.73. The van der Waals surface area contributed by atoms with Gasteiger partial charge in [0, 0.05) is 13.5 Å². The molecule has 2 N–H and O–H groups in total. The van der Waals surface area contributed by atoms with E-state index in [4.69, 9.17) is 23.7 Å². The summed E-state index contributed by atoms with van der Waals surface area (Å²) in [6.45, 7) is 2.67. The lowest BCUT2D eigenvalue weighted by atomic mass is 10.1. The molecule has 2 rings (SSSR count). The van der Waals surface area contributed by atoms with Gasteiger partial charge in [-0.05, 0) is 40.0 Å². The molecule has 0 radical (unpaired) electrons. The van der Waals surface area contributed by atoms with Crippen molar-refractivity contribution in [2.75, 3.05) is 34.0 Å².